The van der Waals surface area contributed by atoms with Crippen LogP contribution in [0.3, 0.4) is 0 Å². The lowest BCUT2D eigenvalue weighted by atomic mass is 9.85. The van der Waals surface area contributed by atoms with Crippen molar-refractivity contribution in [2.24, 2.45) is 0 Å². The third kappa shape index (κ3) is 3.21. The molecule has 1 aliphatic heterocycles. The summed E-state index contributed by atoms with van der Waals surface area (Å²) in [5.41, 5.74) is 1.67. The van der Waals surface area contributed by atoms with E-state index in [4.69, 9.17) is 21.1 Å². The van der Waals surface area contributed by atoms with E-state index in [1.807, 2.05) is 0 Å². The van der Waals surface area contributed by atoms with E-state index in [1.54, 1.807) is 18.2 Å². The molecule has 1 aromatic heterocycles. The highest BCUT2D eigenvalue weighted by atomic mass is 127. The Kier molecular flexibility index (Phi) is 4.96. The molecule has 7 heteroatoms. The Bertz CT molecular complexity index is 784. The summed E-state index contributed by atoms with van der Waals surface area (Å²) in [4.78, 5) is 15.6. The van der Waals surface area contributed by atoms with Crippen LogP contribution in [-0.2, 0) is 14.9 Å². The number of pyridine rings is 1. The summed E-state index contributed by atoms with van der Waals surface area (Å²) in [7, 11) is 0. The van der Waals surface area contributed by atoms with E-state index in [0.29, 0.717) is 33.2 Å². The molecule has 0 spiro atoms. The van der Waals surface area contributed by atoms with Crippen LogP contribution in [0.4, 0.5) is 4.39 Å². The number of benzene rings is 1. The summed E-state index contributed by atoms with van der Waals surface area (Å²) in [6, 6.07) is 7.74. The second kappa shape index (κ2) is 6.84. The third-order valence-electron chi connectivity index (χ3n) is 3.93. The predicted molar refractivity (Wildman–Crippen MR) is 97.3 cm³/mol. The molecule has 2 heterocycles. The van der Waals surface area contributed by atoms with E-state index in [1.165, 1.54) is 19.1 Å². The fourth-order valence-electron chi connectivity index (χ4n) is 2.64. The van der Waals surface area contributed by atoms with E-state index in [0.717, 1.165) is 5.56 Å². The smallest absolute Gasteiger partial charge is 0.302 e. The van der Waals surface area contributed by atoms with Crippen LogP contribution in [0, 0.1) is 5.82 Å². The Morgan fingerprint density at radius 1 is 1.46 bits per heavy atom. The molecule has 1 aliphatic rings. The Hall–Kier alpha value is -1.41. The van der Waals surface area contributed by atoms with Gasteiger partial charge in [0.05, 0.1) is 5.41 Å². The van der Waals surface area contributed by atoms with Gasteiger partial charge in [0, 0.05) is 22.5 Å². The van der Waals surface area contributed by atoms with E-state index < -0.39 is 5.41 Å². The number of carbonyl (C=O) groups is 1. The van der Waals surface area contributed by atoms with Crippen LogP contribution >= 0.6 is 34.2 Å². The molecular formula is C17H14ClFINO3. The molecule has 1 unspecified atom stereocenters. The Morgan fingerprint density at radius 3 is 2.79 bits per heavy atom. The maximum Gasteiger partial charge on any atom is 0.302 e. The zero-order valence-electron chi connectivity index (χ0n) is 12.8. The zero-order chi connectivity index (χ0) is 17.3. The summed E-state index contributed by atoms with van der Waals surface area (Å²) in [5, 5.41) is 0.315. The molecule has 0 N–H and O–H groups in total. The van der Waals surface area contributed by atoms with E-state index in [2.05, 4.69) is 27.6 Å². The molecule has 2 aromatic rings. The van der Waals surface area contributed by atoms with Crippen molar-refractivity contribution in [3.63, 3.8) is 0 Å². The van der Waals surface area contributed by atoms with Gasteiger partial charge in [-0.15, -0.1) is 0 Å². The maximum atomic E-state index is 13.2. The Morgan fingerprint density at radius 2 is 2.17 bits per heavy atom. The Labute approximate surface area is 157 Å². The summed E-state index contributed by atoms with van der Waals surface area (Å²) in [5.74, 6) is -0.0591. The van der Waals surface area contributed by atoms with Gasteiger partial charge in [0.25, 0.3) is 0 Å². The van der Waals surface area contributed by atoms with Gasteiger partial charge in [0.1, 0.15) is 35.6 Å². The SMILES string of the molecule is CC(=O)OCC1(CI)COc2c1cc(Cl)nc2-c1ccc(F)cc1. The number of ether oxygens (including phenoxy) is 2. The minimum absolute atomic E-state index is 0.210. The fourth-order valence-corrected chi connectivity index (χ4v) is 3.69. The van der Waals surface area contributed by atoms with Crippen molar-refractivity contribution in [3.05, 3.63) is 46.9 Å². The van der Waals surface area contributed by atoms with Crippen LogP contribution < -0.4 is 4.74 Å². The fraction of sp³-hybridized carbons (Fsp3) is 0.294. The van der Waals surface area contributed by atoms with E-state index in [9.17, 15) is 9.18 Å². The van der Waals surface area contributed by atoms with Crippen LogP contribution in [0.2, 0.25) is 5.15 Å². The molecular weight excluding hydrogens is 448 g/mol. The molecule has 0 amide bonds. The van der Waals surface area contributed by atoms with Crippen molar-refractivity contribution in [2.45, 2.75) is 12.3 Å². The van der Waals surface area contributed by atoms with Gasteiger partial charge in [0.2, 0.25) is 0 Å². The van der Waals surface area contributed by atoms with Crippen LogP contribution in [0.15, 0.2) is 30.3 Å². The minimum Gasteiger partial charge on any atom is -0.490 e. The minimum atomic E-state index is -0.469. The van der Waals surface area contributed by atoms with Crippen molar-refractivity contribution in [3.8, 4) is 17.0 Å². The Balaban J connectivity index is 2.09. The topological polar surface area (TPSA) is 48.4 Å². The summed E-state index contributed by atoms with van der Waals surface area (Å²) < 4.78 is 25.0. The number of fused-ring (bicyclic) bond motifs is 1. The van der Waals surface area contributed by atoms with Gasteiger partial charge >= 0.3 is 5.97 Å². The van der Waals surface area contributed by atoms with Gasteiger partial charge in [0.15, 0.2) is 0 Å². The molecule has 126 valence electrons. The monoisotopic (exact) mass is 461 g/mol. The standard InChI is InChI=1S/C17H14ClFINO3/c1-10(22)23-8-17(7-20)9-24-16-13(17)6-14(18)21-15(16)11-2-4-12(19)5-3-11/h2-6H,7-9H2,1H3. The zero-order valence-corrected chi connectivity index (χ0v) is 15.7. The lowest BCUT2D eigenvalue weighted by molar-refractivity contribution is -0.142. The van der Waals surface area contributed by atoms with E-state index >= 15 is 0 Å². The molecule has 4 nitrogen and oxygen atoms in total. The molecule has 1 atom stereocenters. The van der Waals surface area contributed by atoms with Crippen molar-refractivity contribution in [1.29, 1.82) is 0 Å². The molecule has 1 aromatic carbocycles. The number of alkyl halides is 1. The van der Waals surface area contributed by atoms with Crippen molar-refractivity contribution >= 4 is 40.2 Å². The molecule has 0 radical (unpaired) electrons. The van der Waals surface area contributed by atoms with Crippen molar-refractivity contribution in [2.75, 3.05) is 17.6 Å². The summed E-state index contributed by atoms with van der Waals surface area (Å²) >= 11 is 8.45. The summed E-state index contributed by atoms with van der Waals surface area (Å²) in [6.07, 6.45) is 0. The highest BCUT2D eigenvalue weighted by Gasteiger charge is 2.43. The number of hydrogen-bond donors (Lipinski definition) is 0. The van der Waals surface area contributed by atoms with Crippen molar-refractivity contribution in [1.82, 2.24) is 4.98 Å². The lowest BCUT2D eigenvalue weighted by Crippen LogP contribution is -2.36. The number of nitrogens with zero attached hydrogens (tertiary/aromatic N) is 1. The average Bonchev–Trinajstić information content (AvgIpc) is 2.92. The van der Waals surface area contributed by atoms with Crippen LogP contribution in [0.1, 0.15) is 12.5 Å². The second-order valence-electron chi connectivity index (χ2n) is 5.66. The first kappa shape index (κ1) is 17.4. The quantitative estimate of drug-likeness (QED) is 0.297. The number of carbonyl (C=O) groups excluding carboxylic acids is 1. The van der Waals surface area contributed by atoms with Gasteiger partial charge in [-0.25, -0.2) is 9.37 Å². The largest absolute Gasteiger partial charge is 0.490 e. The third-order valence-corrected chi connectivity index (χ3v) is 5.58. The molecule has 0 saturated carbocycles. The van der Waals surface area contributed by atoms with Crippen LogP contribution in [0.5, 0.6) is 5.75 Å². The highest BCUT2D eigenvalue weighted by molar-refractivity contribution is 14.1. The molecule has 0 fully saturated rings. The van der Waals surface area contributed by atoms with Gasteiger partial charge in [-0.3, -0.25) is 4.79 Å². The first-order valence-electron chi connectivity index (χ1n) is 7.24. The van der Waals surface area contributed by atoms with Crippen LogP contribution in [0.25, 0.3) is 11.3 Å². The highest BCUT2D eigenvalue weighted by Crippen LogP contribution is 2.46. The first-order chi connectivity index (χ1) is 11.4. The normalized spacial score (nSPS) is 18.8. The molecule has 0 aliphatic carbocycles. The number of halogens is 3. The van der Waals surface area contributed by atoms with Crippen LogP contribution in [-0.4, -0.2) is 28.6 Å². The molecule has 0 bridgehead atoms. The van der Waals surface area contributed by atoms with E-state index in [-0.39, 0.29) is 18.4 Å². The van der Waals surface area contributed by atoms with Gasteiger partial charge in [-0.2, -0.15) is 0 Å². The van der Waals surface area contributed by atoms with Gasteiger partial charge in [-0.05, 0) is 30.3 Å². The predicted octanol–water partition coefficient (Wildman–Crippen LogP) is 4.17. The maximum absolute atomic E-state index is 13.2. The molecule has 0 saturated heterocycles. The van der Waals surface area contributed by atoms with Gasteiger partial charge in [-0.1, -0.05) is 34.2 Å². The number of rotatable bonds is 4. The molecule has 24 heavy (non-hydrogen) atoms. The molecule has 3 rings (SSSR count). The summed E-state index contributed by atoms with van der Waals surface area (Å²) in [6.45, 7) is 1.96. The second-order valence-corrected chi connectivity index (χ2v) is 6.81. The van der Waals surface area contributed by atoms with Gasteiger partial charge < -0.3 is 9.47 Å². The average molecular weight is 462 g/mol. The first-order valence-corrected chi connectivity index (χ1v) is 9.15. The number of aromatic nitrogens is 1. The lowest BCUT2D eigenvalue weighted by Gasteiger charge is -2.24. The number of hydrogen-bond acceptors (Lipinski definition) is 4. The number of esters is 1. The van der Waals surface area contributed by atoms with Crippen molar-refractivity contribution < 1.29 is 18.7 Å².